The second kappa shape index (κ2) is 5.09. The minimum atomic E-state index is -0.868. The molecular weight excluding hydrogens is 220 g/mol. The molecule has 2 N–H and O–H groups in total. The van der Waals surface area contributed by atoms with Gasteiger partial charge in [0, 0.05) is 13.1 Å². The summed E-state index contributed by atoms with van der Waals surface area (Å²) in [6.45, 7) is 1.89. The molecule has 0 saturated heterocycles. The van der Waals surface area contributed by atoms with Crippen molar-refractivity contribution in [2.24, 2.45) is 5.41 Å². The molecule has 0 radical (unpaired) electrons. The van der Waals surface area contributed by atoms with E-state index in [0.29, 0.717) is 12.8 Å². The van der Waals surface area contributed by atoms with Gasteiger partial charge in [0.15, 0.2) is 0 Å². The Kier molecular flexibility index (Phi) is 4.00. The Hall–Kier alpha value is -1.70. The Morgan fingerprint density at radius 1 is 1.65 bits per heavy atom. The number of amides is 2. The molecule has 0 aromatic carbocycles. The lowest BCUT2D eigenvalue weighted by Crippen LogP contribution is -2.50. The van der Waals surface area contributed by atoms with Crippen molar-refractivity contribution in [2.75, 3.05) is 13.6 Å². The van der Waals surface area contributed by atoms with Gasteiger partial charge in [-0.2, -0.15) is 0 Å². The number of carboxylic acid groups (broad SMARTS) is 1. The zero-order valence-electron chi connectivity index (χ0n) is 10.2. The first-order chi connectivity index (χ1) is 7.91. The van der Waals surface area contributed by atoms with Crippen molar-refractivity contribution >= 4 is 12.0 Å². The van der Waals surface area contributed by atoms with Crippen LogP contribution >= 0.6 is 0 Å². The van der Waals surface area contributed by atoms with Crippen molar-refractivity contribution in [1.82, 2.24) is 10.2 Å². The van der Waals surface area contributed by atoms with E-state index in [-0.39, 0.29) is 18.6 Å². The normalized spacial score (nSPS) is 27.2. The molecule has 2 atom stereocenters. The van der Waals surface area contributed by atoms with Crippen LogP contribution in [0.3, 0.4) is 0 Å². The number of nitrogens with one attached hydrogen (secondary N) is 1. The average molecular weight is 238 g/mol. The Balaban J connectivity index is 2.66. The van der Waals surface area contributed by atoms with Crippen molar-refractivity contribution in [3.05, 3.63) is 0 Å². The van der Waals surface area contributed by atoms with Gasteiger partial charge in [0.25, 0.3) is 0 Å². The first-order valence-corrected chi connectivity index (χ1v) is 5.60. The van der Waals surface area contributed by atoms with E-state index in [1.165, 1.54) is 4.90 Å². The number of urea groups is 1. The van der Waals surface area contributed by atoms with Gasteiger partial charge in [-0.3, -0.25) is 4.79 Å². The molecule has 0 aliphatic heterocycles. The van der Waals surface area contributed by atoms with Crippen LogP contribution in [0.25, 0.3) is 0 Å². The van der Waals surface area contributed by atoms with E-state index in [2.05, 4.69) is 11.2 Å². The monoisotopic (exact) mass is 238 g/mol. The predicted octanol–water partition coefficient (Wildman–Crippen LogP) is 0.904. The van der Waals surface area contributed by atoms with Crippen molar-refractivity contribution in [3.8, 4) is 12.3 Å². The van der Waals surface area contributed by atoms with Crippen LogP contribution in [0.4, 0.5) is 4.79 Å². The molecular formula is C12H18N2O3. The summed E-state index contributed by atoms with van der Waals surface area (Å²) in [6, 6.07) is -0.643. The van der Waals surface area contributed by atoms with Gasteiger partial charge in [-0.05, 0) is 19.8 Å². The third kappa shape index (κ3) is 2.70. The van der Waals surface area contributed by atoms with Gasteiger partial charge in [-0.25, -0.2) is 4.79 Å². The van der Waals surface area contributed by atoms with Gasteiger partial charge in [0.1, 0.15) is 0 Å². The summed E-state index contributed by atoms with van der Waals surface area (Å²) < 4.78 is 0. The fourth-order valence-corrected chi connectivity index (χ4v) is 2.12. The summed E-state index contributed by atoms with van der Waals surface area (Å²) in [6.07, 6.45) is 7.21. The lowest BCUT2D eigenvalue weighted by molar-refractivity contribution is -0.148. The Bertz CT molecular complexity index is 361. The molecule has 2 unspecified atom stereocenters. The number of rotatable bonds is 3. The quantitative estimate of drug-likeness (QED) is 0.718. The average Bonchev–Trinajstić information content (AvgIpc) is 2.62. The van der Waals surface area contributed by atoms with Crippen molar-refractivity contribution < 1.29 is 14.7 Å². The molecule has 1 fully saturated rings. The fourth-order valence-electron chi connectivity index (χ4n) is 2.12. The van der Waals surface area contributed by atoms with Crippen LogP contribution in [-0.4, -0.2) is 41.6 Å². The Morgan fingerprint density at radius 3 is 2.82 bits per heavy atom. The lowest BCUT2D eigenvalue weighted by atomic mass is 9.85. The van der Waals surface area contributed by atoms with E-state index in [4.69, 9.17) is 6.42 Å². The van der Waals surface area contributed by atoms with E-state index in [1.54, 1.807) is 14.0 Å². The van der Waals surface area contributed by atoms with Crippen molar-refractivity contribution in [2.45, 2.75) is 32.2 Å². The first kappa shape index (κ1) is 13.4. The third-order valence-corrected chi connectivity index (χ3v) is 3.42. The van der Waals surface area contributed by atoms with Crippen LogP contribution < -0.4 is 5.32 Å². The maximum Gasteiger partial charge on any atom is 0.318 e. The minimum Gasteiger partial charge on any atom is -0.481 e. The van der Waals surface area contributed by atoms with Gasteiger partial charge in [-0.15, -0.1) is 6.42 Å². The maximum atomic E-state index is 11.7. The first-order valence-electron chi connectivity index (χ1n) is 5.60. The zero-order chi connectivity index (χ0) is 13.1. The predicted molar refractivity (Wildman–Crippen MR) is 63.4 cm³/mol. The van der Waals surface area contributed by atoms with Crippen molar-refractivity contribution in [3.63, 3.8) is 0 Å². The van der Waals surface area contributed by atoms with E-state index in [1.807, 2.05) is 0 Å². The van der Waals surface area contributed by atoms with E-state index >= 15 is 0 Å². The third-order valence-electron chi connectivity index (χ3n) is 3.42. The smallest absolute Gasteiger partial charge is 0.318 e. The lowest BCUT2D eigenvalue weighted by Gasteiger charge is -2.29. The highest BCUT2D eigenvalue weighted by atomic mass is 16.4. The Morgan fingerprint density at radius 2 is 2.29 bits per heavy atom. The summed E-state index contributed by atoms with van der Waals surface area (Å²) >= 11 is 0. The highest BCUT2D eigenvalue weighted by molar-refractivity contribution is 5.79. The van der Waals surface area contributed by atoms with Gasteiger partial charge < -0.3 is 15.3 Å². The van der Waals surface area contributed by atoms with E-state index in [9.17, 15) is 14.7 Å². The number of carbonyl (C=O) groups excluding carboxylic acids is 1. The van der Waals surface area contributed by atoms with Crippen LogP contribution in [0.5, 0.6) is 0 Å². The number of terminal acetylenes is 1. The number of carboxylic acids is 1. The van der Waals surface area contributed by atoms with Gasteiger partial charge >= 0.3 is 12.0 Å². The highest BCUT2D eigenvalue weighted by Crippen LogP contribution is 2.38. The van der Waals surface area contributed by atoms with Gasteiger partial charge in [0.2, 0.25) is 0 Å². The SMILES string of the molecule is C#CCN(C)C(=O)NC1CCCC1(C)C(=O)O. The maximum absolute atomic E-state index is 11.7. The van der Waals surface area contributed by atoms with Crippen LogP contribution in [0.1, 0.15) is 26.2 Å². The summed E-state index contributed by atoms with van der Waals surface area (Å²) in [5.74, 6) is 1.50. The summed E-state index contributed by atoms with van der Waals surface area (Å²) in [5.41, 5.74) is -0.868. The second-order valence-electron chi connectivity index (χ2n) is 4.68. The molecule has 2 amide bonds. The van der Waals surface area contributed by atoms with E-state index in [0.717, 1.165) is 6.42 Å². The van der Waals surface area contributed by atoms with Crippen LogP contribution in [0, 0.1) is 17.8 Å². The van der Waals surface area contributed by atoms with Gasteiger partial charge in [0.05, 0.1) is 12.0 Å². The fraction of sp³-hybridized carbons (Fsp3) is 0.667. The van der Waals surface area contributed by atoms with Crippen LogP contribution in [-0.2, 0) is 4.79 Å². The summed E-state index contributed by atoms with van der Waals surface area (Å²) in [4.78, 5) is 24.3. The molecule has 0 bridgehead atoms. The number of nitrogens with zero attached hydrogens (tertiary/aromatic N) is 1. The second-order valence-corrected chi connectivity index (χ2v) is 4.68. The number of hydrogen-bond donors (Lipinski definition) is 2. The number of aliphatic carboxylic acids is 1. The molecule has 1 rings (SSSR count). The van der Waals surface area contributed by atoms with E-state index < -0.39 is 11.4 Å². The molecule has 0 aromatic rings. The van der Waals surface area contributed by atoms with Crippen LogP contribution in [0.2, 0.25) is 0 Å². The molecule has 1 aliphatic rings. The molecule has 5 nitrogen and oxygen atoms in total. The number of carbonyl (C=O) groups is 2. The zero-order valence-corrected chi connectivity index (χ0v) is 10.2. The number of hydrogen-bond acceptors (Lipinski definition) is 2. The summed E-state index contributed by atoms with van der Waals surface area (Å²) in [7, 11) is 1.59. The summed E-state index contributed by atoms with van der Waals surface area (Å²) in [5, 5.41) is 11.9. The molecule has 94 valence electrons. The molecule has 0 spiro atoms. The Labute approximate surface area is 101 Å². The molecule has 5 heteroatoms. The standard InChI is InChI=1S/C12H18N2O3/c1-4-8-14(3)11(17)13-9-6-5-7-12(9,2)10(15)16/h1,9H,5-8H2,2-3H3,(H,13,17)(H,15,16). The largest absolute Gasteiger partial charge is 0.481 e. The van der Waals surface area contributed by atoms with Gasteiger partial charge in [-0.1, -0.05) is 12.3 Å². The molecule has 1 saturated carbocycles. The highest BCUT2D eigenvalue weighted by Gasteiger charge is 2.46. The molecule has 0 aromatic heterocycles. The minimum absolute atomic E-state index is 0.211. The molecule has 1 aliphatic carbocycles. The van der Waals surface area contributed by atoms with Crippen molar-refractivity contribution in [1.29, 1.82) is 0 Å². The molecule has 17 heavy (non-hydrogen) atoms. The molecule has 0 heterocycles. The topological polar surface area (TPSA) is 69.6 Å². The van der Waals surface area contributed by atoms with Crippen LogP contribution in [0.15, 0.2) is 0 Å².